The van der Waals surface area contributed by atoms with Crippen LogP contribution in [-0.4, -0.2) is 14.3 Å². The van der Waals surface area contributed by atoms with Crippen LogP contribution in [0.1, 0.15) is 16.8 Å². The fourth-order valence-electron chi connectivity index (χ4n) is 4.52. The van der Waals surface area contributed by atoms with Crippen molar-refractivity contribution in [2.75, 3.05) is 0 Å². The fraction of sp³-hybridized carbons (Fsp3) is 0.0417. The molecule has 0 N–H and O–H groups in total. The van der Waals surface area contributed by atoms with Gasteiger partial charge in [0, 0.05) is 17.0 Å². The molecule has 29 heavy (non-hydrogen) atoms. The lowest BCUT2D eigenvalue weighted by molar-refractivity contribution is -0.385. The number of allylic oxidation sites excluding steroid dienone is 1. The number of nitrogens with zero attached hydrogens (tertiary/aromatic N) is 3. The molecule has 5 nitrogen and oxygen atoms in total. The minimum atomic E-state index is -0.321. The van der Waals surface area contributed by atoms with Crippen LogP contribution in [-0.2, 0) is 6.42 Å². The zero-order valence-electron chi connectivity index (χ0n) is 15.4. The number of nitro groups is 1. The molecule has 1 aliphatic carbocycles. The van der Waals surface area contributed by atoms with E-state index in [9.17, 15) is 10.1 Å². The summed E-state index contributed by atoms with van der Waals surface area (Å²) < 4.78 is 2.25. The van der Waals surface area contributed by atoms with E-state index in [1.165, 1.54) is 10.9 Å². The van der Waals surface area contributed by atoms with Crippen LogP contribution in [0.4, 0.5) is 5.69 Å². The molecule has 0 bridgehead atoms. The molecule has 0 saturated heterocycles. The Balaban J connectivity index is 1.79. The fourth-order valence-corrected chi connectivity index (χ4v) is 4.52. The van der Waals surface area contributed by atoms with Gasteiger partial charge in [-0.3, -0.25) is 10.1 Å². The quantitative estimate of drug-likeness (QED) is 0.300. The molecule has 0 saturated carbocycles. The highest BCUT2D eigenvalue weighted by molar-refractivity contribution is 6.04. The Morgan fingerprint density at radius 2 is 1.62 bits per heavy atom. The van der Waals surface area contributed by atoms with Crippen molar-refractivity contribution in [3.05, 3.63) is 106 Å². The molecule has 0 atom stereocenters. The van der Waals surface area contributed by atoms with Crippen molar-refractivity contribution in [3.63, 3.8) is 0 Å². The lowest BCUT2D eigenvalue weighted by Gasteiger charge is -2.17. The third kappa shape index (κ3) is 2.12. The molecule has 3 aromatic carbocycles. The number of para-hydroxylation sites is 4. The van der Waals surface area contributed by atoms with Crippen molar-refractivity contribution >= 4 is 38.7 Å². The maximum absolute atomic E-state index is 11.7. The van der Waals surface area contributed by atoms with E-state index in [-0.39, 0.29) is 10.6 Å². The van der Waals surface area contributed by atoms with Gasteiger partial charge in [-0.25, -0.2) is 4.98 Å². The van der Waals surface area contributed by atoms with Gasteiger partial charge in [0.25, 0.3) is 5.69 Å². The molecule has 0 spiro atoms. The van der Waals surface area contributed by atoms with Crippen LogP contribution in [0.2, 0.25) is 0 Å². The highest BCUT2D eigenvalue weighted by Gasteiger charge is 2.27. The standard InChI is InChI=1S/C24H15N3O2/c28-27(29)21-11-5-2-7-15(21)17-13-14-18-16-8-1-4-10-20(16)26-22-12-6-3-9-19(22)25-23(17)24(18)26/h1-13H,14H2. The van der Waals surface area contributed by atoms with Gasteiger partial charge in [-0.15, -0.1) is 0 Å². The van der Waals surface area contributed by atoms with Gasteiger partial charge in [0.2, 0.25) is 0 Å². The van der Waals surface area contributed by atoms with Gasteiger partial charge in [-0.2, -0.15) is 0 Å². The Morgan fingerprint density at radius 1 is 0.897 bits per heavy atom. The van der Waals surface area contributed by atoms with Gasteiger partial charge >= 0.3 is 0 Å². The smallest absolute Gasteiger partial charge is 0.277 e. The first kappa shape index (κ1) is 16.0. The highest BCUT2D eigenvalue weighted by Crippen LogP contribution is 2.41. The minimum Gasteiger partial charge on any atom is -0.305 e. The molecule has 138 valence electrons. The summed E-state index contributed by atoms with van der Waals surface area (Å²) in [6.45, 7) is 0. The summed E-state index contributed by atoms with van der Waals surface area (Å²) >= 11 is 0. The monoisotopic (exact) mass is 377 g/mol. The second-order valence-electron chi connectivity index (χ2n) is 7.23. The number of hydrogen-bond acceptors (Lipinski definition) is 3. The van der Waals surface area contributed by atoms with E-state index < -0.39 is 0 Å². The maximum atomic E-state index is 11.7. The van der Waals surface area contributed by atoms with Crippen LogP contribution in [0.3, 0.4) is 0 Å². The average Bonchev–Trinajstić information content (AvgIpc) is 3.10. The Morgan fingerprint density at radius 3 is 2.48 bits per heavy atom. The third-order valence-electron chi connectivity index (χ3n) is 5.72. The molecule has 0 aliphatic heterocycles. The molecule has 5 aromatic rings. The maximum Gasteiger partial charge on any atom is 0.277 e. The van der Waals surface area contributed by atoms with Crippen molar-refractivity contribution in [3.8, 4) is 0 Å². The van der Waals surface area contributed by atoms with E-state index in [2.05, 4.69) is 34.7 Å². The first-order chi connectivity index (χ1) is 14.2. The van der Waals surface area contributed by atoms with E-state index in [1.807, 2.05) is 36.4 Å². The summed E-state index contributed by atoms with van der Waals surface area (Å²) in [7, 11) is 0. The Hall–Kier alpha value is -3.99. The topological polar surface area (TPSA) is 60.4 Å². The predicted molar refractivity (Wildman–Crippen MR) is 114 cm³/mol. The van der Waals surface area contributed by atoms with E-state index in [0.29, 0.717) is 12.0 Å². The molecule has 0 fully saturated rings. The zero-order chi connectivity index (χ0) is 19.5. The van der Waals surface area contributed by atoms with Crippen LogP contribution in [0.5, 0.6) is 0 Å². The molecule has 6 rings (SSSR count). The number of rotatable bonds is 2. The van der Waals surface area contributed by atoms with E-state index in [4.69, 9.17) is 4.98 Å². The number of fused-ring (bicyclic) bond motifs is 5. The SMILES string of the molecule is O=[N+]([O-])c1ccccc1C1=CCc2c3ccccc3n3c2c1nc1ccccc13. The number of nitro benzene ring substituents is 1. The van der Waals surface area contributed by atoms with Crippen molar-refractivity contribution in [2.24, 2.45) is 0 Å². The van der Waals surface area contributed by atoms with Gasteiger partial charge in [0.05, 0.1) is 38.2 Å². The van der Waals surface area contributed by atoms with Gasteiger partial charge in [0.1, 0.15) is 0 Å². The molecule has 0 amide bonds. The largest absolute Gasteiger partial charge is 0.305 e. The average molecular weight is 377 g/mol. The molecule has 0 radical (unpaired) electrons. The van der Waals surface area contributed by atoms with Crippen LogP contribution in [0.25, 0.3) is 33.0 Å². The highest BCUT2D eigenvalue weighted by atomic mass is 16.6. The zero-order valence-corrected chi connectivity index (χ0v) is 15.4. The third-order valence-corrected chi connectivity index (χ3v) is 5.72. The van der Waals surface area contributed by atoms with Crippen LogP contribution >= 0.6 is 0 Å². The first-order valence-electron chi connectivity index (χ1n) is 9.49. The second kappa shape index (κ2) is 5.75. The number of benzene rings is 3. The Labute approximate surface area is 165 Å². The minimum absolute atomic E-state index is 0.103. The summed E-state index contributed by atoms with van der Waals surface area (Å²) in [4.78, 5) is 16.3. The summed E-state index contributed by atoms with van der Waals surface area (Å²) in [6, 6.07) is 23.3. The summed E-state index contributed by atoms with van der Waals surface area (Å²) in [5.74, 6) is 0. The lowest BCUT2D eigenvalue weighted by Crippen LogP contribution is -2.06. The van der Waals surface area contributed by atoms with Gasteiger partial charge in [-0.05, 0) is 36.2 Å². The van der Waals surface area contributed by atoms with Gasteiger partial charge in [0.15, 0.2) is 0 Å². The summed E-state index contributed by atoms with van der Waals surface area (Å²) in [5.41, 5.74) is 7.64. The van der Waals surface area contributed by atoms with Crippen molar-refractivity contribution < 1.29 is 4.92 Å². The molecular weight excluding hydrogens is 362 g/mol. The van der Waals surface area contributed by atoms with E-state index >= 15 is 0 Å². The van der Waals surface area contributed by atoms with Gasteiger partial charge in [-0.1, -0.05) is 48.5 Å². The van der Waals surface area contributed by atoms with Crippen LogP contribution in [0.15, 0.2) is 78.9 Å². The normalized spacial score (nSPS) is 13.2. The van der Waals surface area contributed by atoms with Crippen LogP contribution in [0, 0.1) is 10.1 Å². The lowest BCUT2D eigenvalue weighted by atomic mass is 9.92. The van der Waals surface area contributed by atoms with Crippen molar-refractivity contribution in [1.29, 1.82) is 0 Å². The summed E-state index contributed by atoms with van der Waals surface area (Å²) in [6.07, 6.45) is 2.79. The molecule has 2 aromatic heterocycles. The van der Waals surface area contributed by atoms with E-state index in [0.717, 1.165) is 33.3 Å². The molecule has 5 heteroatoms. The number of hydrogen-bond donors (Lipinski definition) is 0. The van der Waals surface area contributed by atoms with Crippen molar-refractivity contribution in [2.45, 2.75) is 6.42 Å². The first-order valence-corrected chi connectivity index (χ1v) is 9.49. The van der Waals surface area contributed by atoms with Gasteiger partial charge < -0.3 is 4.40 Å². The Kier molecular flexibility index (Phi) is 3.18. The number of aromatic nitrogens is 2. The molecule has 1 aliphatic rings. The molecule has 2 heterocycles. The predicted octanol–water partition coefficient (Wildman–Crippen LogP) is 5.54. The second-order valence-corrected chi connectivity index (χ2v) is 7.23. The van der Waals surface area contributed by atoms with Crippen LogP contribution < -0.4 is 0 Å². The van der Waals surface area contributed by atoms with E-state index in [1.54, 1.807) is 12.1 Å². The Bertz CT molecular complexity index is 1510. The summed E-state index contributed by atoms with van der Waals surface area (Å²) in [5, 5.41) is 12.9. The van der Waals surface area contributed by atoms with Crippen molar-refractivity contribution in [1.82, 2.24) is 9.38 Å². The molecular formula is C24H15N3O2. The molecule has 0 unspecified atom stereocenters.